The van der Waals surface area contributed by atoms with Crippen LogP contribution in [0, 0.1) is 16.9 Å². The number of aliphatic hydroxyl groups is 1. The summed E-state index contributed by atoms with van der Waals surface area (Å²) in [4.78, 5) is 21.4. The number of benzene rings is 4. The molecular formula is C45H47IrN2O3-. The van der Waals surface area contributed by atoms with Crippen LogP contribution < -0.4 is 0 Å². The van der Waals surface area contributed by atoms with Crippen LogP contribution in [-0.2, 0) is 37.7 Å². The van der Waals surface area contributed by atoms with E-state index in [0.29, 0.717) is 5.71 Å². The Morgan fingerprint density at radius 1 is 0.824 bits per heavy atom. The fraction of sp³-hybridized carbons (Fsp3) is 0.311. The number of aryl methyl sites for hydroxylation is 2. The van der Waals surface area contributed by atoms with E-state index in [1.165, 1.54) is 33.7 Å². The first-order valence-electron chi connectivity index (χ1n) is 18.0. The molecule has 51 heavy (non-hydrogen) atoms. The average molecular weight is 856 g/mol. The van der Waals surface area contributed by atoms with E-state index in [0.717, 1.165) is 71.9 Å². The topological polar surface area (TPSA) is 76.2 Å². The fourth-order valence-electron chi connectivity index (χ4n) is 6.77. The number of rotatable bonds is 9. The van der Waals surface area contributed by atoms with Gasteiger partial charge in [-0.25, -0.2) is 4.98 Å². The van der Waals surface area contributed by atoms with Gasteiger partial charge in [0.15, 0.2) is 5.78 Å². The zero-order chi connectivity index (χ0) is 35.5. The Balaban J connectivity index is 0.000000242. The van der Waals surface area contributed by atoms with Gasteiger partial charge in [-0.15, -0.1) is 23.6 Å². The van der Waals surface area contributed by atoms with Crippen LogP contribution in [0.4, 0.5) is 0 Å². The predicted octanol–water partition coefficient (Wildman–Crippen LogP) is 11.9. The summed E-state index contributed by atoms with van der Waals surface area (Å²) in [5, 5.41) is 13.4. The molecule has 7 rings (SSSR count). The molecule has 2 heterocycles. The maximum Gasteiger partial charge on any atom is 0.223 e. The Kier molecular flexibility index (Phi) is 11.8. The SMILES string of the molecule is CCC(C)(CC)C(=O)/C=C(\O)C(C)(CC)CC.[Ir].[c-]1c(-c2ncnc3oc4c(c23)CCc2ccccc2-4)cc(-c2ccccc2)c2ccccc12. The summed E-state index contributed by atoms with van der Waals surface area (Å²) in [6.07, 6.45) is 8.26. The van der Waals surface area contributed by atoms with E-state index in [-0.39, 0.29) is 42.5 Å². The zero-order valence-electron chi connectivity index (χ0n) is 30.5. The maximum atomic E-state index is 12.2. The van der Waals surface area contributed by atoms with E-state index in [4.69, 9.17) is 9.40 Å². The molecule has 0 bridgehead atoms. The summed E-state index contributed by atoms with van der Waals surface area (Å²) >= 11 is 0. The van der Waals surface area contributed by atoms with Crippen LogP contribution in [0.15, 0.2) is 108 Å². The monoisotopic (exact) mass is 856 g/mol. The van der Waals surface area contributed by atoms with E-state index >= 15 is 0 Å². The number of carbonyl (C=O) groups is 1. The second-order valence-corrected chi connectivity index (χ2v) is 13.9. The molecule has 265 valence electrons. The van der Waals surface area contributed by atoms with Gasteiger partial charge in [-0.1, -0.05) is 131 Å². The number of carbonyl (C=O) groups excluding carboxylic acids is 1. The van der Waals surface area contributed by atoms with Gasteiger partial charge in [0.05, 0.1) is 0 Å². The minimum Gasteiger partial charge on any atom is -0.512 e. The molecule has 6 aromatic rings. The normalized spacial score (nSPS) is 12.8. The molecule has 0 spiro atoms. The summed E-state index contributed by atoms with van der Waals surface area (Å²) in [5.41, 5.74) is 7.92. The molecule has 1 N–H and O–H groups in total. The molecule has 1 aliphatic rings. The van der Waals surface area contributed by atoms with E-state index in [1.54, 1.807) is 6.33 Å². The fourth-order valence-corrected chi connectivity index (χ4v) is 6.77. The molecule has 1 radical (unpaired) electrons. The number of ketones is 1. The summed E-state index contributed by atoms with van der Waals surface area (Å²) < 4.78 is 6.32. The number of nitrogens with zero attached hydrogens (tertiary/aromatic N) is 2. The van der Waals surface area contributed by atoms with Crippen LogP contribution in [0.2, 0.25) is 0 Å². The minimum absolute atomic E-state index is 0. The zero-order valence-corrected chi connectivity index (χ0v) is 32.9. The van der Waals surface area contributed by atoms with Gasteiger partial charge in [0.1, 0.15) is 17.8 Å². The third-order valence-electron chi connectivity index (χ3n) is 11.2. The van der Waals surface area contributed by atoms with Gasteiger partial charge in [0, 0.05) is 59.2 Å². The Morgan fingerprint density at radius 3 is 2.18 bits per heavy atom. The van der Waals surface area contributed by atoms with Crippen molar-refractivity contribution >= 4 is 27.7 Å². The third-order valence-corrected chi connectivity index (χ3v) is 11.2. The molecule has 1 aliphatic carbocycles. The third kappa shape index (κ3) is 7.36. The number of hydrogen-bond acceptors (Lipinski definition) is 5. The van der Waals surface area contributed by atoms with Crippen molar-refractivity contribution in [1.29, 1.82) is 0 Å². The van der Waals surface area contributed by atoms with Crippen LogP contribution in [0.25, 0.3) is 55.6 Å². The minimum atomic E-state index is -0.337. The van der Waals surface area contributed by atoms with Crippen LogP contribution in [0.5, 0.6) is 0 Å². The van der Waals surface area contributed by atoms with Crippen molar-refractivity contribution in [2.45, 2.75) is 80.1 Å². The average Bonchev–Trinajstić information content (AvgIpc) is 3.57. The van der Waals surface area contributed by atoms with Gasteiger partial charge in [0.25, 0.3) is 0 Å². The second kappa shape index (κ2) is 15.9. The van der Waals surface area contributed by atoms with Gasteiger partial charge in [-0.05, 0) is 49.7 Å². The predicted molar refractivity (Wildman–Crippen MR) is 205 cm³/mol. The van der Waals surface area contributed by atoms with Crippen molar-refractivity contribution in [2.24, 2.45) is 10.8 Å². The van der Waals surface area contributed by atoms with Gasteiger partial charge in [0.2, 0.25) is 5.71 Å². The molecule has 2 aromatic heterocycles. The van der Waals surface area contributed by atoms with Crippen molar-refractivity contribution in [2.75, 3.05) is 0 Å². The Morgan fingerprint density at radius 2 is 1.47 bits per heavy atom. The molecule has 0 aliphatic heterocycles. The number of aromatic nitrogens is 2. The first-order valence-corrected chi connectivity index (χ1v) is 18.0. The molecular weight excluding hydrogens is 809 g/mol. The van der Waals surface area contributed by atoms with Gasteiger partial charge < -0.3 is 9.52 Å². The maximum absolute atomic E-state index is 12.2. The number of furan rings is 1. The molecule has 0 unspecified atom stereocenters. The van der Waals surface area contributed by atoms with E-state index in [9.17, 15) is 9.90 Å². The smallest absolute Gasteiger partial charge is 0.223 e. The van der Waals surface area contributed by atoms with E-state index in [2.05, 4.69) is 89.9 Å². The molecule has 5 nitrogen and oxygen atoms in total. The Hall–Kier alpha value is -4.38. The van der Waals surface area contributed by atoms with Crippen LogP contribution in [0.3, 0.4) is 0 Å². The summed E-state index contributed by atoms with van der Waals surface area (Å²) in [5.74, 6) is 1.21. The van der Waals surface area contributed by atoms with Gasteiger partial charge in [-0.3, -0.25) is 9.78 Å². The van der Waals surface area contributed by atoms with Crippen molar-refractivity contribution in [3.63, 3.8) is 0 Å². The summed E-state index contributed by atoms with van der Waals surface area (Å²) in [6.45, 7) is 12.1. The molecule has 4 aromatic carbocycles. The van der Waals surface area contributed by atoms with Crippen LogP contribution in [0.1, 0.15) is 78.4 Å². The second-order valence-electron chi connectivity index (χ2n) is 13.9. The molecule has 0 fully saturated rings. The van der Waals surface area contributed by atoms with Gasteiger partial charge in [-0.2, -0.15) is 0 Å². The van der Waals surface area contributed by atoms with Gasteiger partial charge >= 0.3 is 0 Å². The Labute approximate surface area is 315 Å². The first kappa shape index (κ1) is 37.9. The van der Waals surface area contributed by atoms with Crippen LogP contribution >= 0.6 is 0 Å². The molecule has 0 amide bonds. The van der Waals surface area contributed by atoms with E-state index < -0.39 is 0 Å². The van der Waals surface area contributed by atoms with Crippen molar-refractivity contribution in [1.82, 2.24) is 9.97 Å². The van der Waals surface area contributed by atoms with Crippen molar-refractivity contribution < 1.29 is 34.4 Å². The number of aliphatic hydroxyl groups excluding tert-OH is 1. The number of fused-ring (bicyclic) bond motifs is 6. The molecule has 0 saturated carbocycles. The number of allylic oxidation sites excluding steroid dienone is 2. The molecule has 0 atom stereocenters. The largest absolute Gasteiger partial charge is 0.512 e. The first-order chi connectivity index (χ1) is 24.2. The number of hydrogen-bond donors (Lipinski definition) is 1. The molecule has 0 saturated heterocycles. The summed E-state index contributed by atoms with van der Waals surface area (Å²) in [7, 11) is 0. The quantitative estimate of drug-likeness (QED) is 0.0890. The van der Waals surface area contributed by atoms with Crippen molar-refractivity contribution in [3.05, 3.63) is 120 Å². The van der Waals surface area contributed by atoms with Crippen molar-refractivity contribution in [3.8, 4) is 33.7 Å². The molecule has 6 heteroatoms. The summed E-state index contributed by atoms with van der Waals surface area (Å²) in [6, 6.07) is 33.2. The van der Waals surface area contributed by atoms with E-state index in [1.807, 2.05) is 47.6 Å². The Bertz CT molecular complexity index is 2180. The standard InChI is InChI=1S/C30H19N2O.C15H28O2.Ir/c1-2-8-19(9-3-1)26-17-22(16-21-11-5-6-12-23(21)26)28-27-25-15-14-20-10-4-7-13-24(20)29(25)33-30(27)32-18-31-28;1-7-14(5,8-2)12(16)11-13(17)15(6,9-3)10-4;/h1-13,17-18H,14-15H2;11,16H,7-10H2,1-6H3;/q-1;;/b;12-11-;. The van der Waals surface area contributed by atoms with Crippen LogP contribution in [-0.4, -0.2) is 20.9 Å².